The van der Waals surface area contributed by atoms with Crippen molar-refractivity contribution in [3.8, 4) is 0 Å². The second-order valence-electron chi connectivity index (χ2n) is 4.89. The fourth-order valence-electron chi connectivity index (χ4n) is 1.80. The van der Waals surface area contributed by atoms with Crippen molar-refractivity contribution < 1.29 is 38.7 Å². The van der Waals surface area contributed by atoms with E-state index in [0.717, 1.165) is 0 Å². The molecule has 130 valence electrons. The second-order valence-corrected chi connectivity index (χ2v) is 4.89. The molecule has 0 heterocycles. The van der Waals surface area contributed by atoms with Crippen LogP contribution < -0.4 is 0 Å². The molecule has 7 heteroatoms. The van der Waals surface area contributed by atoms with E-state index in [0.29, 0.717) is 26.2 Å². The summed E-state index contributed by atoms with van der Waals surface area (Å²) in [6, 6.07) is 0. The Labute approximate surface area is 152 Å². The van der Waals surface area contributed by atoms with Gasteiger partial charge in [-0.25, -0.2) is 0 Å². The maximum atomic E-state index is 11.1. The molecule has 2 amide bonds. The van der Waals surface area contributed by atoms with Gasteiger partial charge in [0, 0.05) is 45.7 Å². The Morgan fingerprint density at radius 3 is 0.957 bits per heavy atom. The Morgan fingerprint density at radius 1 is 0.609 bits per heavy atom. The van der Waals surface area contributed by atoms with Crippen molar-refractivity contribution in [2.24, 2.45) is 0 Å². The number of nitrogens with zero attached hydrogens (tertiary/aromatic N) is 2. The van der Waals surface area contributed by atoms with E-state index < -0.39 is 0 Å². The van der Waals surface area contributed by atoms with Crippen LogP contribution in [0.3, 0.4) is 0 Å². The van der Waals surface area contributed by atoms with Gasteiger partial charge in [-0.3, -0.25) is 19.2 Å². The molecule has 0 aromatic rings. The van der Waals surface area contributed by atoms with Crippen molar-refractivity contribution in [1.82, 2.24) is 9.80 Å². The Balaban J connectivity index is -0.000000333. The number of ketones is 2. The average molecular weight is 380 g/mol. The Hall–Kier alpha value is -1.10. The smallest absolute Gasteiger partial charge is 0.229 e. The summed E-state index contributed by atoms with van der Waals surface area (Å²) >= 11 is 0. The molecule has 0 N–H and O–H groups in total. The van der Waals surface area contributed by atoms with E-state index in [-0.39, 0.29) is 55.7 Å². The summed E-state index contributed by atoms with van der Waals surface area (Å²) in [7, 11) is 0. The van der Waals surface area contributed by atoms with Gasteiger partial charge in [0.1, 0.15) is 11.6 Å². The van der Waals surface area contributed by atoms with Crippen molar-refractivity contribution >= 4 is 23.4 Å². The topological polar surface area (TPSA) is 74.8 Å². The van der Waals surface area contributed by atoms with Gasteiger partial charge in [0.15, 0.2) is 0 Å². The molecule has 0 unspecified atom stereocenters. The van der Waals surface area contributed by atoms with Crippen molar-refractivity contribution in [3.05, 3.63) is 0 Å². The zero-order chi connectivity index (χ0) is 17.7. The van der Waals surface area contributed by atoms with Crippen molar-refractivity contribution in [2.75, 3.05) is 26.2 Å². The second kappa shape index (κ2) is 15.8. The van der Waals surface area contributed by atoms with Gasteiger partial charge in [-0.1, -0.05) is 0 Å². The largest absolute Gasteiger partial charge is 0.343 e. The maximum Gasteiger partial charge on any atom is 0.229 e. The van der Waals surface area contributed by atoms with E-state index in [1.807, 2.05) is 27.7 Å². The zero-order valence-corrected chi connectivity index (χ0v) is 18.4. The molecular weight excluding hydrogens is 350 g/mol. The van der Waals surface area contributed by atoms with Crippen molar-refractivity contribution in [1.29, 1.82) is 0 Å². The van der Waals surface area contributed by atoms with E-state index in [1.54, 1.807) is 9.80 Å². The van der Waals surface area contributed by atoms with Gasteiger partial charge in [0.25, 0.3) is 0 Å². The van der Waals surface area contributed by atoms with Gasteiger partial charge in [-0.15, -0.1) is 0 Å². The molecule has 23 heavy (non-hydrogen) atoms. The van der Waals surface area contributed by atoms with Crippen molar-refractivity contribution in [2.45, 2.75) is 54.4 Å². The number of amides is 2. The SMILES string of the molecule is CCN(CC)C(=O)CC(C)=O.CCN(CC)C(=O)CC(C)=O.[Zn]. The molecule has 0 spiro atoms. The molecule has 0 atom stereocenters. The van der Waals surface area contributed by atoms with Gasteiger partial charge >= 0.3 is 0 Å². The quantitative estimate of drug-likeness (QED) is 0.475. The molecule has 0 aliphatic carbocycles. The van der Waals surface area contributed by atoms with Crippen LogP contribution in [-0.4, -0.2) is 59.4 Å². The molecule has 0 rings (SSSR count). The van der Waals surface area contributed by atoms with Crippen LogP contribution in [0.4, 0.5) is 0 Å². The average Bonchev–Trinajstić information content (AvgIpc) is 2.40. The maximum absolute atomic E-state index is 11.1. The van der Waals surface area contributed by atoms with Gasteiger partial charge in [0.05, 0.1) is 12.8 Å². The molecule has 0 aromatic carbocycles. The molecular formula is C16H30N2O4Zn. The molecule has 0 saturated carbocycles. The number of hydrogen-bond donors (Lipinski definition) is 0. The summed E-state index contributed by atoms with van der Waals surface area (Å²) in [5.41, 5.74) is 0. The molecule has 0 fully saturated rings. The third-order valence-electron chi connectivity index (χ3n) is 3.03. The molecule has 6 nitrogen and oxygen atoms in total. The van der Waals surface area contributed by atoms with Crippen molar-refractivity contribution in [3.63, 3.8) is 0 Å². The van der Waals surface area contributed by atoms with Crippen LogP contribution in [-0.2, 0) is 38.7 Å². The van der Waals surface area contributed by atoms with Gasteiger partial charge in [0.2, 0.25) is 11.8 Å². The number of carbonyl (C=O) groups is 4. The Bertz CT molecular complexity index is 342. The summed E-state index contributed by atoms with van der Waals surface area (Å²) < 4.78 is 0. The first kappa shape index (κ1) is 26.8. The third kappa shape index (κ3) is 14.2. The fraction of sp³-hybridized carbons (Fsp3) is 0.750. The number of rotatable bonds is 8. The summed E-state index contributed by atoms with van der Waals surface area (Å²) in [6.07, 6.45) is 0.0867. The first-order valence-electron chi connectivity index (χ1n) is 7.77. The van der Waals surface area contributed by atoms with Crippen LogP contribution in [0.15, 0.2) is 0 Å². The van der Waals surface area contributed by atoms with Crippen LogP contribution in [0.1, 0.15) is 54.4 Å². The first-order chi connectivity index (χ1) is 10.2. The monoisotopic (exact) mass is 378 g/mol. The molecule has 0 radical (unpaired) electrons. The summed E-state index contributed by atoms with van der Waals surface area (Å²) in [6.45, 7) is 13.2. The van der Waals surface area contributed by atoms with Crippen LogP contribution in [0, 0.1) is 0 Å². The van der Waals surface area contributed by atoms with Crippen LogP contribution >= 0.6 is 0 Å². The molecule has 0 aromatic heterocycles. The van der Waals surface area contributed by atoms with E-state index in [1.165, 1.54) is 13.8 Å². The van der Waals surface area contributed by atoms with Gasteiger partial charge in [-0.05, 0) is 41.5 Å². The number of hydrogen-bond acceptors (Lipinski definition) is 4. The summed E-state index contributed by atoms with van der Waals surface area (Å²) in [5, 5.41) is 0. The van der Waals surface area contributed by atoms with E-state index in [2.05, 4.69) is 0 Å². The Kier molecular flexibility index (Phi) is 18.4. The summed E-state index contributed by atoms with van der Waals surface area (Å²) in [4.78, 5) is 46.6. The minimum absolute atomic E-state index is 0. The Morgan fingerprint density at radius 2 is 0.826 bits per heavy atom. The predicted molar refractivity (Wildman–Crippen MR) is 86.5 cm³/mol. The van der Waals surface area contributed by atoms with E-state index in [4.69, 9.17) is 0 Å². The minimum atomic E-state index is -0.0677. The number of carbonyl (C=O) groups excluding carboxylic acids is 4. The van der Waals surface area contributed by atoms with Gasteiger partial charge in [-0.2, -0.15) is 0 Å². The molecule has 0 saturated heterocycles. The standard InChI is InChI=1S/2C8H15NO2.Zn/c2*1-4-9(5-2)8(11)6-7(3)10;/h2*4-6H2,1-3H3;. The summed E-state index contributed by atoms with van der Waals surface area (Å²) in [5.74, 6) is -0.270. The van der Waals surface area contributed by atoms with Crippen LogP contribution in [0.2, 0.25) is 0 Å². The zero-order valence-electron chi connectivity index (χ0n) is 15.5. The third-order valence-corrected chi connectivity index (χ3v) is 3.03. The number of Topliss-reactive ketones (excluding diaryl/α,β-unsaturated/α-hetero) is 2. The molecule has 0 aliphatic rings. The molecule has 0 bridgehead atoms. The van der Waals surface area contributed by atoms with E-state index >= 15 is 0 Å². The fourth-order valence-corrected chi connectivity index (χ4v) is 1.80. The minimum Gasteiger partial charge on any atom is -0.343 e. The molecule has 0 aliphatic heterocycles. The normalized spacial score (nSPS) is 8.96. The van der Waals surface area contributed by atoms with Crippen LogP contribution in [0.5, 0.6) is 0 Å². The van der Waals surface area contributed by atoms with Crippen LogP contribution in [0.25, 0.3) is 0 Å². The van der Waals surface area contributed by atoms with Gasteiger partial charge < -0.3 is 9.80 Å². The first-order valence-corrected chi connectivity index (χ1v) is 7.77. The van der Waals surface area contributed by atoms with E-state index in [9.17, 15) is 19.2 Å². The predicted octanol–water partition coefficient (Wildman–Crippen LogP) is 1.67.